The van der Waals surface area contributed by atoms with Gasteiger partial charge in [0.25, 0.3) is 5.91 Å². The van der Waals surface area contributed by atoms with Crippen molar-refractivity contribution in [3.8, 4) is 0 Å². The molecule has 0 spiro atoms. The molecule has 0 saturated heterocycles. The van der Waals surface area contributed by atoms with Crippen LogP contribution in [0.4, 0.5) is 5.00 Å². The van der Waals surface area contributed by atoms with Crippen LogP contribution in [0.3, 0.4) is 0 Å². The van der Waals surface area contributed by atoms with E-state index in [9.17, 15) is 9.59 Å². The first-order valence-corrected chi connectivity index (χ1v) is 10.1. The molecule has 0 aliphatic heterocycles. The van der Waals surface area contributed by atoms with Crippen molar-refractivity contribution >= 4 is 38.9 Å². The van der Waals surface area contributed by atoms with Crippen LogP contribution in [-0.4, -0.2) is 18.4 Å². The minimum atomic E-state index is -0.0785. The van der Waals surface area contributed by atoms with Gasteiger partial charge in [-0.3, -0.25) is 9.59 Å². The average molecular weight is 378 g/mol. The zero-order valence-electron chi connectivity index (χ0n) is 15.2. The topological polar surface area (TPSA) is 58.2 Å². The summed E-state index contributed by atoms with van der Waals surface area (Å²) in [6, 6.07) is 16.5. The lowest BCUT2D eigenvalue weighted by Crippen LogP contribution is -2.25. The molecule has 138 valence electrons. The SMILES string of the molecule is Cc1cc(NC(=O)C2CC2)sc1C(=O)NCCc1ccc2ccccc2c1. The van der Waals surface area contributed by atoms with E-state index in [4.69, 9.17) is 0 Å². The van der Waals surface area contributed by atoms with E-state index in [2.05, 4.69) is 41.0 Å². The molecule has 2 aromatic carbocycles. The van der Waals surface area contributed by atoms with E-state index in [1.807, 2.05) is 25.1 Å². The molecule has 3 aromatic rings. The normalized spacial score (nSPS) is 13.5. The quantitative estimate of drug-likeness (QED) is 0.662. The maximum atomic E-state index is 12.5. The number of thiophene rings is 1. The molecule has 0 unspecified atom stereocenters. The fourth-order valence-electron chi connectivity index (χ4n) is 3.13. The molecule has 0 atom stereocenters. The fourth-order valence-corrected chi connectivity index (χ4v) is 4.13. The summed E-state index contributed by atoms with van der Waals surface area (Å²) in [6.07, 6.45) is 2.73. The Balaban J connectivity index is 1.34. The first-order valence-electron chi connectivity index (χ1n) is 9.27. The predicted molar refractivity (Wildman–Crippen MR) is 110 cm³/mol. The number of carbonyl (C=O) groups excluding carboxylic acids is 2. The van der Waals surface area contributed by atoms with Gasteiger partial charge in [-0.05, 0) is 54.2 Å². The van der Waals surface area contributed by atoms with Crippen molar-refractivity contribution < 1.29 is 9.59 Å². The fraction of sp³-hybridized carbons (Fsp3) is 0.273. The molecule has 1 aromatic heterocycles. The van der Waals surface area contributed by atoms with Crippen molar-refractivity contribution in [2.24, 2.45) is 5.92 Å². The number of benzene rings is 2. The van der Waals surface area contributed by atoms with Gasteiger partial charge < -0.3 is 10.6 Å². The van der Waals surface area contributed by atoms with Crippen molar-refractivity contribution in [1.29, 1.82) is 0 Å². The van der Waals surface area contributed by atoms with Crippen LogP contribution in [0.2, 0.25) is 0 Å². The van der Waals surface area contributed by atoms with Crippen molar-refractivity contribution in [3.05, 3.63) is 64.5 Å². The number of nitrogens with one attached hydrogen (secondary N) is 2. The van der Waals surface area contributed by atoms with E-state index < -0.39 is 0 Å². The van der Waals surface area contributed by atoms with E-state index in [0.29, 0.717) is 11.4 Å². The van der Waals surface area contributed by atoms with Crippen molar-refractivity contribution in [2.45, 2.75) is 26.2 Å². The highest BCUT2D eigenvalue weighted by Crippen LogP contribution is 2.32. The minimum absolute atomic E-state index is 0.0690. The Bertz CT molecular complexity index is 1000. The van der Waals surface area contributed by atoms with E-state index in [1.54, 1.807) is 0 Å². The summed E-state index contributed by atoms with van der Waals surface area (Å²) < 4.78 is 0. The molecule has 4 nitrogen and oxygen atoms in total. The van der Waals surface area contributed by atoms with Gasteiger partial charge in [0.2, 0.25) is 5.91 Å². The summed E-state index contributed by atoms with van der Waals surface area (Å²) in [4.78, 5) is 25.0. The van der Waals surface area contributed by atoms with E-state index in [0.717, 1.165) is 29.8 Å². The molecule has 2 amide bonds. The van der Waals surface area contributed by atoms with Gasteiger partial charge in [-0.2, -0.15) is 0 Å². The number of hydrogen-bond donors (Lipinski definition) is 2. The van der Waals surface area contributed by atoms with Crippen molar-refractivity contribution in [2.75, 3.05) is 11.9 Å². The lowest BCUT2D eigenvalue weighted by Gasteiger charge is -2.06. The second kappa shape index (κ2) is 7.53. The largest absolute Gasteiger partial charge is 0.351 e. The molecule has 0 bridgehead atoms. The summed E-state index contributed by atoms with van der Waals surface area (Å²) in [5.41, 5.74) is 2.10. The van der Waals surface area contributed by atoms with Crippen LogP contribution in [0.25, 0.3) is 10.8 Å². The van der Waals surface area contributed by atoms with E-state index >= 15 is 0 Å². The third-order valence-electron chi connectivity index (χ3n) is 4.83. The Morgan fingerprint density at radius 1 is 1.07 bits per heavy atom. The van der Waals surface area contributed by atoms with Crippen LogP contribution in [0, 0.1) is 12.8 Å². The average Bonchev–Trinajstić information content (AvgIpc) is 3.45. The van der Waals surface area contributed by atoms with Gasteiger partial charge in [0.15, 0.2) is 0 Å². The molecule has 5 heteroatoms. The molecule has 2 N–H and O–H groups in total. The smallest absolute Gasteiger partial charge is 0.261 e. The summed E-state index contributed by atoms with van der Waals surface area (Å²) in [5, 5.41) is 9.11. The first-order chi connectivity index (χ1) is 13.1. The lowest BCUT2D eigenvalue weighted by molar-refractivity contribution is -0.117. The molecule has 27 heavy (non-hydrogen) atoms. The molecule has 1 aliphatic rings. The van der Waals surface area contributed by atoms with E-state index in [-0.39, 0.29) is 17.7 Å². The van der Waals surface area contributed by atoms with Crippen LogP contribution in [-0.2, 0) is 11.2 Å². The Hall–Kier alpha value is -2.66. The predicted octanol–water partition coefficient (Wildman–Crippen LogP) is 4.53. The van der Waals surface area contributed by atoms with Gasteiger partial charge in [0.1, 0.15) is 0 Å². The third-order valence-corrected chi connectivity index (χ3v) is 5.98. The van der Waals surface area contributed by atoms with Crippen molar-refractivity contribution in [1.82, 2.24) is 5.32 Å². The molecule has 0 radical (unpaired) electrons. The number of amides is 2. The summed E-state index contributed by atoms with van der Waals surface area (Å²) in [6.45, 7) is 2.49. The zero-order chi connectivity index (χ0) is 18.8. The minimum Gasteiger partial charge on any atom is -0.351 e. The van der Waals surface area contributed by atoms with Gasteiger partial charge >= 0.3 is 0 Å². The van der Waals surface area contributed by atoms with E-state index in [1.165, 1.54) is 27.7 Å². The second-order valence-electron chi connectivity index (χ2n) is 7.07. The number of rotatable bonds is 6. The van der Waals surface area contributed by atoms with Crippen LogP contribution < -0.4 is 10.6 Å². The monoisotopic (exact) mass is 378 g/mol. The second-order valence-corrected chi connectivity index (χ2v) is 8.13. The van der Waals surface area contributed by atoms with Gasteiger partial charge in [0, 0.05) is 12.5 Å². The molecule has 1 fully saturated rings. The Morgan fingerprint density at radius 3 is 2.63 bits per heavy atom. The maximum absolute atomic E-state index is 12.5. The highest BCUT2D eigenvalue weighted by molar-refractivity contribution is 7.18. The van der Waals surface area contributed by atoms with Gasteiger partial charge in [-0.1, -0.05) is 42.5 Å². The molecule has 1 heterocycles. The molecule has 4 rings (SSSR count). The van der Waals surface area contributed by atoms with Crippen LogP contribution in [0.5, 0.6) is 0 Å². The molecule has 1 aliphatic carbocycles. The highest BCUT2D eigenvalue weighted by Gasteiger charge is 2.30. The van der Waals surface area contributed by atoms with Gasteiger partial charge in [0.05, 0.1) is 9.88 Å². The number of fused-ring (bicyclic) bond motifs is 1. The summed E-state index contributed by atoms with van der Waals surface area (Å²) in [5.74, 6) is 0.149. The van der Waals surface area contributed by atoms with Crippen LogP contribution in [0.15, 0.2) is 48.5 Å². The highest BCUT2D eigenvalue weighted by atomic mass is 32.1. The summed E-state index contributed by atoms with van der Waals surface area (Å²) in [7, 11) is 0. The summed E-state index contributed by atoms with van der Waals surface area (Å²) >= 11 is 1.35. The van der Waals surface area contributed by atoms with Crippen LogP contribution >= 0.6 is 11.3 Å². The van der Waals surface area contributed by atoms with Crippen molar-refractivity contribution in [3.63, 3.8) is 0 Å². The maximum Gasteiger partial charge on any atom is 0.261 e. The molecule has 1 saturated carbocycles. The number of anilines is 1. The lowest BCUT2D eigenvalue weighted by atomic mass is 10.1. The number of aryl methyl sites for hydroxylation is 1. The zero-order valence-corrected chi connectivity index (χ0v) is 16.1. The standard InChI is InChI=1S/C22H22N2O2S/c1-14-12-19(24-21(25)17-8-9-17)27-20(14)22(26)23-11-10-15-6-7-16-4-2-3-5-18(16)13-15/h2-7,12-13,17H,8-11H2,1H3,(H,23,26)(H,24,25). The number of hydrogen-bond acceptors (Lipinski definition) is 3. The Morgan fingerprint density at radius 2 is 1.85 bits per heavy atom. The Kier molecular flexibility index (Phi) is 4.94. The van der Waals surface area contributed by atoms with Gasteiger partial charge in [-0.15, -0.1) is 11.3 Å². The first kappa shape index (κ1) is 17.7. The van der Waals surface area contributed by atoms with Crippen LogP contribution in [0.1, 0.15) is 33.6 Å². The van der Waals surface area contributed by atoms with Gasteiger partial charge in [-0.25, -0.2) is 0 Å². The number of carbonyl (C=O) groups is 2. The third kappa shape index (κ3) is 4.19. The molecular weight excluding hydrogens is 356 g/mol. The Labute approximate surface area is 162 Å². The molecular formula is C22H22N2O2S.